The van der Waals surface area contributed by atoms with Gasteiger partial charge < -0.3 is 0 Å². The fraction of sp³-hybridized carbons (Fsp3) is 1.00. The van der Waals surface area contributed by atoms with Crippen LogP contribution in [0.3, 0.4) is 0 Å². The Balaban J connectivity index is 2.19. The predicted molar refractivity (Wildman–Crippen MR) is 21.1 cm³/mol. The van der Waals surface area contributed by atoms with E-state index in [0.29, 0.717) is 21.2 Å². The minimum atomic E-state index is 0.607. The number of hydrogen-bond acceptors (Lipinski definition) is 0. The van der Waals surface area contributed by atoms with Gasteiger partial charge in [0.15, 0.2) is 0 Å². The Morgan fingerprint density at radius 1 is 1.60 bits per heavy atom. The van der Waals surface area contributed by atoms with E-state index in [1.54, 1.807) is 0 Å². The third-order valence-corrected chi connectivity index (χ3v) is 2.54. The molecular formula is C4H10I-. The molecule has 0 saturated carbocycles. The Hall–Kier alpha value is 0.730. The van der Waals surface area contributed by atoms with Crippen LogP contribution in [0.4, 0.5) is 0 Å². The summed E-state index contributed by atoms with van der Waals surface area (Å²) in [4.78, 5) is 2.32. The predicted octanol–water partition coefficient (Wildman–Crippen LogP) is -1.88. The van der Waals surface area contributed by atoms with E-state index >= 15 is 0 Å². The minimum absolute atomic E-state index is 0.607. The molecule has 0 unspecified atom stereocenters. The Bertz CT molecular complexity index is 11.1. The molecule has 0 aliphatic rings. The number of alkyl halides is 2. The van der Waals surface area contributed by atoms with Gasteiger partial charge in [0.2, 0.25) is 0 Å². The van der Waals surface area contributed by atoms with Gasteiger partial charge in [-0.15, -0.1) is 0 Å². The van der Waals surface area contributed by atoms with Gasteiger partial charge in [-0.25, -0.2) is 0 Å². The summed E-state index contributed by atoms with van der Waals surface area (Å²) in [5, 5.41) is 0. The van der Waals surface area contributed by atoms with Crippen LogP contribution in [0, 0.1) is 0 Å². The molecule has 0 radical (unpaired) electrons. The second-order valence-electron chi connectivity index (χ2n) is 0.956. The van der Waals surface area contributed by atoms with E-state index in [-0.39, 0.29) is 0 Å². The molecule has 0 amide bonds. The zero-order chi connectivity index (χ0) is 4.12. The van der Waals surface area contributed by atoms with E-state index in [4.69, 9.17) is 0 Å². The summed E-state index contributed by atoms with van der Waals surface area (Å²) in [6.07, 6.45) is 1.39. The first kappa shape index (κ1) is 5.73. The molecule has 0 aliphatic carbocycles. The van der Waals surface area contributed by atoms with Gasteiger partial charge in [-0.3, -0.25) is 0 Å². The van der Waals surface area contributed by atoms with Gasteiger partial charge in [0.25, 0.3) is 0 Å². The van der Waals surface area contributed by atoms with Crippen molar-refractivity contribution in [3.63, 3.8) is 0 Å². The molecule has 34 valence electrons. The molecule has 0 bridgehead atoms. The average molecular weight is 185 g/mol. The van der Waals surface area contributed by atoms with Crippen LogP contribution in [0.5, 0.6) is 0 Å². The summed E-state index contributed by atoms with van der Waals surface area (Å²) in [6, 6.07) is 0. The van der Waals surface area contributed by atoms with Crippen LogP contribution < -0.4 is 21.2 Å². The second kappa shape index (κ2) is 4.73. The van der Waals surface area contributed by atoms with Crippen LogP contribution in [-0.2, 0) is 0 Å². The van der Waals surface area contributed by atoms with Gasteiger partial charge in [-0.2, -0.15) is 0 Å². The molecule has 0 aromatic heterocycles. The number of hydrogen-bond donors (Lipinski definition) is 0. The Morgan fingerprint density at radius 3 is 2.20 bits per heavy atom. The van der Waals surface area contributed by atoms with Crippen molar-refractivity contribution < 1.29 is 21.2 Å². The van der Waals surface area contributed by atoms with E-state index in [1.807, 2.05) is 0 Å². The Labute approximate surface area is 44.2 Å². The molecule has 0 nitrogen and oxygen atoms in total. The topological polar surface area (TPSA) is 0 Å². The summed E-state index contributed by atoms with van der Waals surface area (Å²) in [7, 11) is 0. The zero-order valence-corrected chi connectivity index (χ0v) is 5.95. The first-order valence-electron chi connectivity index (χ1n) is 1.85. The number of rotatable bonds is 2. The van der Waals surface area contributed by atoms with E-state index in [1.165, 1.54) is 10.8 Å². The first-order chi connectivity index (χ1) is 2.41. The van der Waals surface area contributed by atoms with Crippen LogP contribution in [0.25, 0.3) is 0 Å². The molecule has 0 aromatic carbocycles. The van der Waals surface area contributed by atoms with Crippen molar-refractivity contribution in [2.45, 2.75) is 13.3 Å². The monoisotopic (exact) mass is 185 g/mol. The quantitative estimate of drug-likeness (QED) is 0.348. The molecule has 0 saturated heterocycles. The van der Waals surface area contributed by atoms with Gasteiger partial charge in [-0.05, 0) is 0 Å². The fourth-order valence-electron chi connectivity index (χ4n) is 0.189. The van der Waals surface area contributed by atoms with Gasteiger partial charge in [0, 0.05) is 0 Å². The van der Waals surface area contributed by atoms with Crippen molar-refractivity contribution >= 4 is 0 Å². The van der Waals surface area contributed by atoms with Gasteiger partial charge >= 0.3 is 43.9 Å². The fourth-order valence-corrected chi connectivity index (χ4v) is 1.27. The molecule has 1 heteroatoms. The van der Waals surface area contributed by atoms with Crippen molar-refractivity contribution in [3.8, 4) is 0 Å². The molecule has 0 heterocycles. The normalized spacial score (nSPS) is 9.20. The molecule has 5 heavy (non-hydrogen) atoms. The summed E-state index contributed by atoms with van der Waals surface area (Å²) >= 11 is 0.607. The van der Waals surface area contributed by atoms with Crippen molar-refractivity contribution in [1.29, 1.82) is 0 Å². The standard InChI is InChI=1S/C4H10I/c1-3-4-5-2/h3-4H2,1-2H3/q-1. The van der Waals surface area contributed by atoms with Crippen LogP contribution in [0.15, 0.2) is 0 Å². The summed E-state index contributed by atoms with van der Waals surface area (Å²) in [5.41, 5.74) is 0. The van der Waals surface area contributed by atoms with Crippen LogP contribution in [-0.4, -0.2) is 9.36 Å². The first-order valence-corrected chi connectivity index (χ1v) is 5.54. The second-order valence-corrected chi connectivity index (χ2v) is 3.56. The van der Waals surface area contributed by atoms with Gasteiger partial charge in [-0.1, -0.05) is 0 Å². The third-order valence-electron chi connectivity index (χ3n) is 0.378. The van der Waals surface area contributed by atoms with Crippen molar-refractivity contribution in [2.75, 3.05) is 9.36 Å². The van der Waals surface area contributed by atoms with Crippen molar-refractivity contribution in [3.05, 3.63) is 0 Å². The molecule has 0 aliphatic heterocycles. The third kappa shape index (κ3) is 4.73. The molecule has 0 spiro atoms. The van der Waals surface area contributed by atoms with E-state index in [9.17, 15) is 0 Å². The molecule has 0 atom stereocenters. The van der Waals surface area contributed by atoms with Crippen LogP contribution in [0.1, 0.15) is 13.3 Å². The Kier molecular flexibility index (Phi) is 5.42. The van der Waals surface area contributed by atoms with Gasteiger partial charge in [0.05, 0.1) is 0 Å². The van der Waals surface area contributed by atoms with Gasteiger partial charge in [0.1, 0.15) is 0 Å². The maximum atomic E-state index is 2.32. The van der Waals surface area contributed by atoms with Crippen LogP contribution >= 0.6 is 0 Å². The zero-order valence-electron chi connectivity index (χ0n) is 3.79. The molecule has 0 aromatic rings. The number of halogens is 1. The van der Waals surface area contributed by atoms with E-state index in [0.717, 1.165) is 0 Å². The van der Waals surface area contributed by atoms with E-state index < -0.39 is 0 Å². The van der Waals surface area contributed by atoms with Crippen LogP contribution in [0.2, 0.25) is 0 Å². The average Bonchev–Trinajstić information content (AvgIpc) is 1.41. The Morgan fingerprint density at radius 2 is 2.20 bits per heavy atom. The molecular weight excluding hydrogens is 175 g/mol. The molecule has 0 rings (SSSR count). The summed E-state index contributed by atoms with van der Waals surface area (Å²) in [5.74, 6) is 0. The summed E-state index contributed by atoms with van der Waals surface area (Å²) < 4.78 is 1.50. The molecule has 0 fully saturated rings. The van der Waals surface area contributed by atoms with Crippen molar-refractivity contribution in [2.24, 2.45) is 0 Å². The SMILES string of the molecule is CCC[I-]C. The van der Waals surface area contributed by atoms with Crippen molar-refractivity contribution in [1.82, 2.24) is 0 Å². The maximum absolute atomic E-state index is 2.32. The van der Waals surface area contributed by atoms with E-state index in [2.05, 4.69) is 11.9 Å². The summed E-state index contributed by atoms with van der Waals surface area (Å²) in [6.45, 7) is 2.24. The molecule has 0 N–H and O–H groups in total.